The van der Waals surface area contributed by atoms with Crippen LogP contribution in [0.5, 0.6) is 0 Å². The van der Waals surface area contributed by atoms with E-state index in [1.165, 1.54) is 32.1 Å². The highest BCUT2D eigenvalue weighted by Gasteiger charge is 2.19. The minimum atomic E-state index is -0.197. The number of carbonyl (C=O) groups excluding carboxylic acids is 1. The molecular weight excluding hydrogens is 162 g/mol. The molecule has 1 aliphatic rings. The highest BCUT2D eigenvalue weighted by atomic mass is 16.1. The summed E-state index contributed by atoms with van der Waals surface area (Å²) in [5, 5.41) is 3.48. The molecular formula is C11H21NO. The van der Waals surface area contributed by atoms with Crippen molar-refractivity contribution in [1.29, 1.82) is 0 Å². The summed E-state index contributed by atoms with van der Waals surface area (Å²) in [4.78, 5) is 10.7. The number of rotatable bonds is 4. The van der Waals surface area contributed by atoms with Gasteiger partial charge in [0.15, 0.2) is 0 Å². The van der Waals surface area contributed by atoms with E-state index < -0.39 is 0 Å². The maximum atomic E-state index is 10.7. The molecule has 0 radical (unpaired) electrons. The standard InChI is InChI=1S/C11H21NO/c1-11(2,9-13)8-12-10-6-4-3-5-7-10/h9-10,12H,3-8H2,1-2H3. The SMILES string of the molecule is CC(C)(C=O)CNC1CCCCC1. The number of hydrogen-bond donors (Lipinski definition) is 1. The highest BCUT2D eigenvalue weighted by Crippen LogP contribution is 2.18. The summed E-state index contributed by atoms with van der Waals surface area (Å²) in [6.07, 6.45) is 7.69. The Morgan fingerprint density at radius 2 is 1.92 bits per heavy atom. The molecule has 2 heteroatoms. The van der Waals surface area contributed by atoms with Crippen LogP contribution in [-0.4, -0.2) is 18.9 Å². The van der Waals surface area contributed by atoms with Crippen LogP contribution in [-0.2, 0) is 4.79 Å². The molecule has 0 heterocycles. The van der Waals surface area contributed by atoms with Crippen LogP contribution in [0.15, 0.2) is 0 Å². The van der Waals surface area contributed by atoms with E-state index in [0.717, 1.165) is 12.8 Å². The van der Waals surface area contributed by atoms with Crippen molar-refractivity contribution in [2.75, 3.05) is 6.54 Å². The highest BCUT2D eigenvalue weighted by molar-refractivity contribution is 5.58. The van der Waals surface area contributed by atoms with Crippen LogP contribution in [0.1, 0.15) is 46.0 Å². The van der Waals surface area contributed by atoms with Gasteiger partial charge in [0.1, 0.15) is 6.29 Å². The van der Waals surface area contributed by atoms with Crippen molar-refractivity contribution >= 4 is 6.29 Å². The second kappa shape index (κ2) is 4.75. The Morgan fingerprint density at radius 1 is 1.31 bits per heavy atom. The maximum absolute atomic E-state index is 10.7. The average molecular weight is 183 g/mol. The molecule has 1 fully saturated rings. The van der Waals surface area contributed by atoms with Crippen LogP contribution >= 0.6 is 0 Å². The van der Waals surface area contributed by atoms with E-state index in [9.17, 15) is 4.79 Å². The first-order valence-corrected chi connectivity index (χ1v) is 5.34. The lowest BCUT2D eigenvalue weighted by molar-refractivity contribution is -0.114. The van der Waals surface area contributed by atoms with E-state index in [1.54, 1.807) is 0 Å². The molecule has 0 aromatic heterocycles. The first-order chi connectivity index (χ1) is 6.14. The lowest BCUT2D eigenvalue weighted by Gasteiger charge is -2.26. The smallest absolute Gasteiger partial charge is 0.126 e. The quantitative estimate of drug-likeness (QED) is 0.676. The van der Waals surface area contributed by atoms with Gasteiger partial charge in [0, 0.05) is 18.0 Å². The average Bonchev–Trinajstić information content (AvgIpc) is 2.17. The molecule has 0 unspecified atom stereocenters. The van der Waals surface area contributed by atoms with Crippen LogP contribution in [0.2, 0.25) is 0 Å². The summed E-state index contributed by atoms with van der Waals surface area (Å²) in [7, 11) is 0. The summed E-state index contributed by atoms with van der Waals surface area (Å²) < 4.78 is 0. The van der Waals surface area contributed by atoms with E-state index in [-0.39, 0.29) is 5.41 Å². The van der Waals surface area contributed by atoms with Crippen molar-refractivity contribution in [2.45, 2.75) is 52.0 Å². The Kier molecular flexibility index (Phi) is 3.91. The predicted molar refractivity (Wildman–Crippen MR) is 54.7 cm³/mol. The number of hydrogen-bond acceptors (Lipinski definition) is 2. The third-order valence-corrected chi connectivity index (χ3v) is 2.77. The zero-order valence-corrected chi connectivity index (χ0v) is 8.81. The molecule has 0 amide bonds. The van der Waals surface area contributed by atoms with Crippen molar-refractivity contribution in [1.82, 2.24) is 5.32 Å². The van der Waals surface area contributed by atoms with Gasteiger partial charge >= 0.3 is 0 Å². The first kappa shape index (κ1) is 10.7. The Hall–Kier alpha value is -0.370. The van der Waals surface area contributed by atoms with Crippen molar-refractivity contribution in [3.8, 4) is 0 Å². The van der Waals surface area contributed by atoms with Crippen LogP contribution in [0.3, 0.4) is 0 Å². The summed E-state index contributed by atoms with van der Waals surface area (Å²) in [6, 6.07) is 0.660. The molecule has 1 saturated carbocycles. The van der Waals surface area contributed by atoms with Crippen molar-refractivity contribution in [3.05, 3.63) is 0 Å². The molecule has 0 saturated heterocycles. The fourth-order valence-corrected chi connectivity index (χ4v) is 1.76. The van der Waals surface area contributed by atoms with E-state index in [4.69, 9.17) is 0 Å². The van der Waals surface area contributed by atoms with Gasteiger partial charge in [0.25, 0.3) is 0 Å². The Labute approximate surface area is 81.1 Å². The second-order valence-corrected chi connectivity index (χ2v) is 4.82. The van der Waals surface area contributed by atoms with Crippen LogP contribution < -0.4 is 5.32 Å². The second-order valence-electron chi connectivity index (χ2n) is 4.82. The Morgan fingerprint density at radius 3 is 2.46 bits per heavy atom. The molecule has 1 aliphatic carbocycles. The van der Waals surface area contributed by atoms with Gasteiger partial charge in [0.2, 0.25) is 0 Å². The van der Waals surface area contributed by atoms with E-state index in [0.29, 0.717) is 6.04 Å². The molecule has 0 spiro atoms. The minimum absolute atomic E-state index is 0.197. The minimum Gasteiger partial charge on any atom is -0.313 e. The van der Waals surface area contributed by atoms with Gasteiger partial charge in [-0.2, -0.15) is 0 Å². The van der Waals surface area contributed by atoms with Gasteiger partial charge in [-0.25, -0.2) is 0 Å². The maximum Gasteiger partial charge on any atom is 0.126 e. The molecule has 0 aliphatic heterocycles. The van der Waals surface area contributed by atoms with E-state index in [2.05, 4.69) is 5.32 Å². The molecule has 0 atom stereocenters. The Bertz CT molecular complexity index is 159. The largest absolute Gasteiger partial charge is 0.313 e. The molecule has 0 aromatic rings. The lowest BCUT2D eigenvalue weighted by Crippen LogP contribution is -2.38. The first-order valence-electron chi connectivity index (χ1n) is 5.34. The lowest BCUT2D eigenvalue weighted by atomic mass is 9.92. The predicted octanol–water partition coefficient (Wildman–Crippen LogP) is 2.13. The van der Waals surface area contributed by atoms with E-state index >= 15 is 0 Å². The number of nitrogens with one attached hydrogen (secondary N) is 1. The molecule has 1 N–H and O–H groups in total. The topological polar surface area (TPSA) is 29.1 Å². The fraction of sp³-hybridized carbons (Fsp3) is 0.909. The third-order valence-electron chi connectivity index (χ3n) is 2.77. The monoisotopic (exact) mass is 183 g/mol. The van der Waals surface area contributed by atoms with Gasteiger partial charge in [0.05, 0.1) is 0 Å². The summed E-state index contributed by atoms with van der Waals surface area (Å²) >= 11 is 0. The molecule has 1 rings (SSSR count). The fourth-order valence-electron chi connectivity index (χ4n) is 1.76. The van der Waals surface area contributed by atoms with E-state index in [1.807, 2.05) is 13.8 Å². The van der Waals surface area contributed by atoms with Crippen LogP contribution in [0, 0.1) is 5.41 Å². The molecule has 2 nitrogen and oxygen atoms in total. The van der Waals surface area contributed by atoms with Crippen molar-refractivity contribution in [2.24, 2.45) is 5.41 Å². The van der Waals surface area contributed by atoms with Gasteiger partial charge in [-0.3, -0.25) is 0 Å². The molecule has 13 heavy (non-hydrogen) atoms. The normalized spacial score (nSPS) is 20.2. The van der Waals surface area contributed by atoms with Gasteiger partial charge in [-0.05, 0) is 12.8 Å². The zero-order valence-electron chi connectivity index (χ0n) is 8.81. The van der Waals surface area contributed by atoms with Crippen molar-refractivity contribution in [3.63, 3.8) is 0 Å². The zero-order chi connectivity index (χ0) is 9.73. The number of carbonyl (C=O) groups is 1. The molecule has 0 bridgehead atoms. The van der Waals surface area contributed by atoms with Crippen LogP contribution in [0.25, 0.3) is 0 Å². The van der Waals surface area contributed by atoms with Gasteiger partial charge in [-0.1, -0.05) is 33.1 Å². The summed E-state index contributed by atoms with van der Waals surface area (Å²) in [5.74, 6) is 0. The van der Waals surface area contributed by atoms with Crippen LogP contribution in [0.4, 0.5) is 0 Å². The third kappa shape index (κ3) is 3.90. The number of aldehydes is 1. The van der Waals surface area contributed by atoms with Gasteiger partial charge in [-0.15, -0.1) is 0 Å². The summed E-state index contributed by atoms with van der Waals surface area (Å²) in [5.41, 5.74) is -0.197. The van der Waals surface area contributed by atoms with Gasteiger partial charge < -0.3 is 10.1 Å². The summed E-state index contributed by atoms with van der Waals surface area (Å²) in [6.45, 7) is 4.78. The Balaban J connectivity index is 2.20. The molecule has 76 valence electrons. The van der Waals surface area contributed by atoms with Crippen molar-refractivity contribution < 1.29 is 4.79 Å². The molecule has 0 aromatic carbocycles.